The molecule has 0 bridgehead atoms. The molecule has 0 saturated carbocycles. The molecule has 0 radical (unpaired) electrons. The van der Waals surface area contributed by atoms with Crippen molar-refractivity contribution in [1.29, 1.82) is 0 Å². The van der Waals surface area contributed by atoms with Crippen LogP contribution in [0.1, 0.15) is 19.3 Å². The molecule has 1 saturated heterocycles. The van der Waals surface area contributed by atoms with Crippen molar-refractivity contribution in [2.75, 3.05) is 40.2 Å². The molecule has 1 amide bonds. The number of nitrogens with two attached hydrogens (primary N) is 1. The van der Waals surface area contributed by atoms with Crippen LogP contribution in [0.25, 0.3) is 11.2 Å². The number of aromatic amines is 1. The van der Waals surface area contributed by atoms with Crippen molar-refractivity contribution in [3.63, 3.8) is 0 Å². The first-order valence-corrected chi connectivity index (χ1v) is 11.6. The average Bonchev–Trinajstić information content (AvgIpc) is 3.28. The lowest BCUT2D eigenvalue weighted by Gasteiger charge is -2.28. The van der Waals surface area contributed by atoms with Crippen LogP contribution in [0.15, 0.2) is 28.5 Å². The molecule has 0 aliphatic carbocycles. The van der Waals surface area contributed by atoms with Gasteiger partial charge in [0.2, 0.25) is 29.5 Å². The molecule has 2 aromatic heterocycles. The zero-order chi connectivity index (χ0) is 23.4. The lowest BCUT2D eigenvalue weighted by atomic mass is 9.94. The maximum Gasteiger partial charge on any atom is 0.294 e. The Bertz CT molecular complexity index is 1100. The fourth-order valence-corrected chi connectivity index (χ4v) is 4.93. The summed E-state index contributed by atoms with van der Waals surface area (Å²) in [4.78, 5) is 26.1. The number of imidazole rings is 1. The Morgan fingerprint density at radius 1 is 1.21 bits per heavy atom. The summed E-state index contributed by atoms with van der Waals surface area (Å²) >= 11 is 1.44. The van der Waals surface area contributed by atoms with Gasteiger partial charge in [0, 0.05) is 18.0 Å². The van der Waals surface area contributed by atoms with Crippen LogP contribution in [0.2, 0.25) is 0 Å². The monoisotopic (exact) mass is 473 g/mol. The zero-order valence-electron chi connectivity index (χ0n) is 19.0. The highest BCUT2D eigenvalue weighted by Crippen LogP contribution is 2.42. The molecular formula is C22H29N6O4S+. The Labute approximate surface area is 196 Å². The predicted octanol–water partition coefficient (Wildman–Crippen LogP) is 2.26. The molecule has 3 aromatic rings. The van der Waals surface area contributed by atoms with Gasteiger partial charge < -0.3 is 29.8 Å². The Balaban J connectivity index is 1.55. The highest BCUT2D eigenvalue weighted by atomic mass is 32.2. The van der Waals surface area contributed by atoms with Crippen molar-refractivity contribution < 1.29 is 23.6 Å². The van der Waals surface area contributed by atoms with E-state index in [4.69, 9.17) is 24.9 Å². The van der Waals surface area contributed by atoms with E-state index in [0.29, 0.717) is 39.7 Å². The van der Waals surface area contributed by atoms with Crippen LogP contribution in [0.4, 0.5) is 5.82 Å². The van der Waals surface area contributed by atoms with E-state index in [0.717, 1.165) is 55.8 Å². The van der Waals surface area contributed by atoms with E-state index in [2.05, 4.69) is 9.97 Å². The molecule has 176 valence electrons. The molecule has 10 nitrogen and oxygen atoms in total. The zero-order valence-corrected chi connectivity index (χ0v) is 19.9. The maximum absolute atomic E-state index is 10.9. The van der Waals surface area contributed by atoms with Crippen molar-refractivity contribution in [3.8, 4) is 17.2 Å². The summed E-state index contributed by atoms with van der Waals surface area (Å²) in [6, 6.07) is 3.75. The van der Waals surface area contributed by atoms with E-state index in [-0.39, 0.29) is 0 Å². The maximum atomic E-state index is 10.9. The first-order valence-electron chi connectivity index (χ1n) is 10.8. The molecule has 1 aliphatic rings. The summed E-state index contributed by atoms with van der Waals surface area (Å²) in [6.45, 7) is 2.44. The number of fused-ring (bicyclic) bond motifs is 1. The summed E-state index contributed by atoms with van der Waals surface area (Å²) in [7, 11) is 4.75. The number of aryl methyl sites for hydroxylation is 1. The topological polar surface area (TPSA) is 119 Å². The molecular weight excluding hydrogens is 444 g/mol. The highest BCUT2D eigenvalue weighted by Gasteiger charge is 2.23. The van der Waals surface area contributed by atoms with E-state index < -0.39 is 0 Å². The van der Waals surface area contributed by atoms with E-state index >= 15 is 0 Å². The molecule has 4 rings (SSSR count). The first-order chi connectivity index (χ1) is 16.1. The molecule has 0 unspecified atom stereocenters. The van der Waals surface area contributed by atoms with Crippen LogP contribution in [0.5, 0.6) is 17.2 Å². The minimum Gasteiger partial charge on any atom is -0.493 e. The molecule has 3 N–H and O–H groups in total. The van der Waals surface area contributed by atoms with Gasteiger partial charge in [-0.3, -0.25) is 4.79 Å². The number of amides is 1. The van der Waals surface area contributed by atoms with Gasteiger partial charge in [-0.05, 0) is 49.1 Å². The SMILES string of the molecule is COc1cc(Sc2nc3c([nH]2)c(N)nc[n+]3CCC2CCN(C=O)CC2)cc(OC)c1OC. The molecule has 3 heterocycles. The van der Waals surface area contributed by atoms with Gasteiger partial charge in [0.1, 0.15) is 0 Å². The van der Waals surface area contributed by atoms with Crippen molar-refractivity contribution in [3.05, 3.63) is 18.5 Å². The lowest BCUT2D eigenvalue weighted by molar-refractivity contribution is -0.677. The third-order valence-electron chi connectivity index (χ3n) is 5.96. The molecule has 0 spiro atoms. The third kappa shape index (κ3) is 4.92. The summed E-state index contributed by atoms with van der Waals surface area (Å²) in [5.41, 5.74) is 7.61. The van der Waals surface area contributed by atoms with Gasteiger partial charge in [-0.1, -0.05) is 9.97 Å². The van der Waals surface area contributed by atoms with Crippen LogP contribution < -0.4 is 24.5 Å². The minimum absolute atomic E-state index is 0.407. The number of hydrogen-bond donors (Lipinski definition) is 2. The molecule has 33 heavy (non-hydrogen) atoms. The number of piperidine rings is 1. The number of hydrogen-bond acceptors (Lipinski definition) is 8. The van der Waals surface area contributed by atoms with Gasteiger partial charge in [-0.15, -0.1) is 0 Å². The van der Waals surface area contributed by atoms with Crippen LogP contribution in [0, 0.1) is 5.92 Å². The Morgan fingerprint density at radius 2 is 1.91 bits per heavy atom. The van der Waals surface area contributed by atoms with Crippen molar-refractivity contribution in [2.45, 2.75) is 35.9 Å². The Hall–Kier alpha value is -3.21. The van der Waals surface area contributed by atoms with Crippen LogP contribution >= 0.6 is 11.8 Å². The summed E-state index contributed by atoms with van der Waals surface area (Å²) in [6.07, 6.45) is 5.73. The van der Waals surface area contributed by atoms with Crippen molar-refractivity contribution >= 4 is 35.2 Å². The van der Waals surface area contributed by atoms with E-state index in [9.17, 15) is 4.79 Å². The minimum atomic E-state index is 0.407. The fourth-order valence-electron chi connectivity index (χ4n) is 4.09. The fraction of sp³-hybridized carbons (Fsp3) is 0.455. The third-order valence-corrected chi connectivity index (χ3v) is 6.81. The molecule has 1 aliphatic heterocycles. The number of benzene rings is 1. The summed E-state index contributed by atoms with van der Waals surface area (Å²) in [5, 5.41) is 0.687. The normalized spacial score (nSPS) is 14.5. The highest BCUT2D eigenvalue weighted by molar-refractivity contribution is 7.99. The summed E-state index contributed by atoms with van der Waals surface area (Å²) < 4.78 is 18.3. The number of nitrogens with zero attached hydrogens (tertiary/aromatic N) is 4. The van der Waals surface area contributed by atoms with Crippen LogP contribution in [-0.4, -0.2) is 60.7 Å². The second-order valence-electron chi connectivity index (χ2n) is 7.90. The first kappa shape index (κ1) is 23.0. The number of anilines is 1. The van der Waals surface area contributed by atoms with Gasteiger partial charge in [-0.25, -0.2) is 4.57 Å². The van der Waals surface area contributed by atoms with E-state index in [1.54, 1.807) is 27.7 Å². The van der Waals surface area contributed by atoms with Gasteiger partial charge in [0.15, 0.2) is 17.0 Å². The second kappa shape index (κ2) is 10.2. The van der Waals surface area contributed by atoms with Gasteiger partial charge in [-0.2, -0.15) is 0 Å². The number of methoxy groups -OCH3 is 3. The quantitative estimate of drug-likeness (QED) is 0.359. The molecule has 11 heteroatoms. The Kier molecular flexibility index (Phi) is 7.07. The largest absolute Gasteiger partial charge is 0.493 e. The molecule has 1 fully saturated rings. The number of aromatic nitrogens is 4. The number of carbonyl (C=O) groups is 1. The van der Waals surface area contributed by atoms with Crippen LogP contribution in [-0.2, 0) is 11.3 Å². The second-order valence-corrected chi connectivity index (χ2v) is 8.96. The number of nitrogens with one attached hydrogen (secondary N) is 1. The number of likely N-dealkylation sites (tertiary alicyclic amines) is 1. The number of ether oxygens (including phenoxy) is 3. The molecule has 1 aromatic carbocycles. The number of nitrogen functional groups attached to an aromatic ring is 1. The number of carbonyl (C=O) groups excluding carboxylic acids is 1. The number of rotatable bonds is 9. The van der Waals surface area contributed by atoms with Gasteiger partial charge >= 0.3 is 0 Å². The van der Waals surface area contributed by atoms with E-state index in [1.165, 1.54) is 11.8 Å². The average molecular weight is 474 g/mol. The van der Waals surface area contributed by atoms with Crippen molar-refractivity contribution in [1.82, 2.24) is 19.9 Å². The standard InChI is InChI=1S/C22H28N6O4S/c1-30-16-10-15(11-17(31-2)19(16)32-3)33-22-25-18-20(23)24-12-28(21(18)26-22)9-6-14-4-7-27(13-29)8-5-14/h10-14H,4-9H2,1-3H3,(H2,23,25,26)/p+1. The van der Waals surface area contributed by atoms with Gasteiger partial charge in [0.05, 0.1) is 27.9 Å². The summed E-state index contributed by atoms with van der Waals surface area (Å²) in [5.74, 6) is 2.68. The molecule has 0 atom stereocenters. The number of H-pyrrole nitrogens is 1. The van der Waals surface area contributed by atoms with Crippen LogP contribution in [0.3, 0.4) is 0 Å². The van der Waals surface area contributed by atoms with E-state index in [1.807, 2.05) is 21.6 Å². The van der Waals surface area contributed by atoms with Gasteiger partial charge in [0.25, 0.3) is 5.65 Å². The smallest absolute Gasteiger partial charge is 0.294 e. The van der Waals surface area contributed by atoms with Crippen molar-refractivity contribution in [2.24, 2.45) is 5.92 Å². The predicted molar refractivity (Wildman–Crippen MR) is 124 cm³/mol. The Morgan fingerprint density at radius 3 is 2.52 bits per heavy atom. The lowest BCUT2D eigenvalue weighted by Crippen LogP contribution is -2.38.